The number of nitrogens with one attached hydrogen (secondary N) is 1. The maximum Gasteiger partial charge on any atom is 0.271 e. The van der Waals surface area contributed by atoms with Gasteiger partial charge in [-0.3, -0.25) is 29.7 Å². The quantitative estimate of drug-likeness (QED) is 0.509. The van der Waals surface area contributed by atoms with E-state index in [1.165, 1.54) is 16.8 Å². The average Bonchev–Trinajstić information content (AvgIpc) is 2.81. The lowest BCUT2D eigenvalue weighted by molar-refractivity contribution is -0.384. The van der Waals surface area contributed by atoms with Crippen LogP contribution >= 0.6 is 0 Å². The standard InChI is InChI=1S/C14H14N4O4/c1-14(6-5-11(19)15-13(14)20)12-9-4-3-8(18(21)22)7-10(9)17(2)16-12/h3-4,7H,5-6H2,1-2H3,(H,15,19,20)/t14-/m1/s1. The van der Waals surface area contributed by atoms with Gasteiger partial charge < -0.3 is 0 Å². The van der Waals surface area contributed by atoms with Gasteiger partial charge in [0.25, 0.3) is 5.69 Å². The maximum atomic E-state index is 12.3. The van der Waals surface area contributed by atoms with Crippen LogP contribution < -0.4 is 5.32 Å². The molecule has 1 aliphatic rings. The summed E-state index contributed by atoms with van der Waals surface area (Å²) in [6.45, 7) is 1.73. The number of benzene rings is 1. The molecule has 2 amide bonds. The Morgan fingerprint density at radius 2 is 2.14 bits per heavy atom. The molecule has 1 saturated heterocycles. The number of nitro benzene ring substituents is 1. The predicted octanol–water partition coefficient (Wildman–Crippen LogP) is 1.18. The number of aryl methyl sites for hydroxylation is 1. The molecule has 0 spiro atoms. The number of nitro groups is 1. The molecule has 2 heterocycles. The van der Waals surface area contributed by atoms with Crippen LogP contribution in [0.1, 0.15) is 25.5 Å². The first-order valence-electron chi connectivity index (χ1n) is 6.79. The van der Waals surface area contributed by atoms with Crippen LogP contribution in [0, 0.1) is 10.1 Å². The SMILES string of the molecule is Cn1nc([C@@]2(C)CCC(=O)NC2=O)c2ccc([N+](=O)[O-])cc21. The smallest absolute Gasteiger partial charge is 0.271 e. The van der Waals surface area contributed by atoms with Crippen LogP contribution in [0.3, 0.4) is 0 Å². The number of rotatable bonds is 2. The lowest BCUT2D eigenvalue weighted by Crippen LogP contribution is -2.50. The summed E-state index contributed by atoms with van der Waals surface area (Å²) < 4.78 is 1.52. The molecule has 8 heteroatoms. The zero-order valence-electron chi connectivity index (χ0n) is 12.1. The van der Waals surface area contributed by atoms with Crippen molar-refractivity contribution in [1.29, 1.82) is 0 Å². The van der Waals surface area contributed by atoms with Gasteiger partial charge in [0, 0.05) is 31.0 Å². The number of carbonyl (C=O) groups excluding carboxylic acids is 2. The Bertz CT molecular complexity index is 826. The fourth-order valence-electron chi connectivity index (χ4n) is 2.80. The summed E-state index contributed by atoms with van der Waals surface area (Å²) in [6.07, 6.45) is 0.605. The normalized spacial score (nSPS) is 21.9. The molecule has 0 aliphatic carbocycles. The van der Waals surface area contributed by atoms with Crippen LogP contribution in [0.5, 0.6) is 0 Å². The van der Waals surface area contributed by atoms with E-state index in [0.717, 1.165) is 0 Å². The second kappa shape index (κ2) is 4.62. The third-order valence-electron chi connectivity index (χ3n) is 4.17. The molecule has 3 rings (SSSR count). The molecule has 8 nitrogen and oxygen atoms in total. The molecule has 0 radical (unpaired) electrons. The van der Waals surface area contributed by atoms with E-state index < -0.39 is 10.3 Å². The Morgan fingerprint density at radius 1 is 1.41 bits per heavy atom. The minimum Gasteiger partial charge on any atom is -0.296 e. The van der Waals surface area contributed by atoms with Crippen LogP contribution in [0.4, 0.5) is 5.69 Å². The Morgan fingerprint density at radius 3 is 2.77 bits per heavy atom. The van der Waals surface area contributed by atoms with Crippen molar-refractivity contribution in [3.05, 3.63) is 34.0 Å². The van der Waals surface area contributed by atoms with Gasteiger partial charge in [0.05, 0.1) is 21.5 Å². The topological polar surface area (TPSA) is 107 Å². The van der Waals surface area contributed by atoms with Crippen molar-refractivity contribution < 1.29 is 14.5 Å². The number of non-ortho nitro benzene ring substituents is 1. The highest BCUT2D eigenvalue weighted by Crippen LogP contribution is 2.36. The highest BCUT2D eigenvalue weighted by Gasteiger charge is 2.43. The molecule has 114 valence electrons. The van der Waals surface area contributed by atoms with E-state index >= 15 is 0 Å². The molecule has 1 N–H and O–H groups in total. The molecule has 0 bridgehead atoms. The Hall–Kier alpha value is -2.77. The molecule has 1 aliphatic heterocycles. The number of hydrogen-bond donors (Lipinski definition) is 1. The zero-order chi connectivity index (χ0) is 16.1. The molecule has 1 aromatic heterocycles. The highest BCUT2D eigenvalue weighted by atomic mass is 16.6. The summed E-state index contributed by atoms with van der Waals surface area (Å²) in [5.74, 6) is -0.680. The lowest BCUT2D eigenvalue weighted by Gasteiger charge is -2.30. The first kappa shape index (κ1) is 14.2. The minimum atomic E-state index is -0.927. The highest BCUT2D eigenvalue weighted by molar-refractivity contribution is 6.05. The van der Waals surface area contributed by atoms with Gasteiger partial charge in [0.15, 0.2) is 0 Å². The number of amides is 2. The third-order valence-corrected chi connectivity index (χ3v) is 4.17. The maximum absolute atomic E-state index is 12.3. The summed E-state index contributed by atoms with van der Waals surface area (Å²) in [4.78, 5) is 34.0. The molecule has 1 aromatic carbocycles. The van der Waals surface area contributed by atoms with Gasteiger partial charge in [-0.15, -0.1) is 0 Å². The molecule has 0 unspecified atom stereocenters. The zero-order valence-corrected chi connectivity index (χ0v) is 12.1. The van der Waals surface area contributed by atoms with E-state index in [4.69, 9.17) is 0 Å². The van der Waals surface area contributed by atoms with E-state index in [1.54, 1.807) is 20.0 Å². The molecule has 1 fully saturated rings. The van der Waals surface area contributed by atoms with Crippen molar-refractivity contribution in [3.8, 4) is 0 Å². The summed E-state index contributed by atoms with van der Waals surface area (Å²) >= 11 is 0. The molecule has 1 atom stereocenters. The summed E-state index contributed by atoms with van der Waals surface area (Å²) in [5.41, 5.74) is 0.152. The summed E-state index contributed by atoms with van der Waals surface area (Å²) in [6, 6.07) is 4.43. The van der Waals surface area contributed by atoms with Crippen LogP contribution in [-0.4, -0.2) is 26.5 Å². The molecule has 0 saturated carbocycles. The molecule has 2 aromatic rings. The van der Waals surface area contributed by atoms with Crippen LogP contribution in [0.2, 0.25) is 0 Å². The van der Waals surface area contributed by atoms with Crippen molar-refractivity contribution in [2.45, 2.75) is 25.2 Å². The lowest BCUT2D eigenvalue weighted by atomic mass is 9.77. The third kappa shape index (κ3) is 1.95. The number of imide groups is 1. The van der Waals surface area contributed by atoms with Gasteiger partial charge >= 0.3 is 0 Å². The van der Waals surface area contributed by atoms with Gasteiger partial charge in [-0.05, 0) is 19.4 Å². The first-order chi connectivity index (χ1) is 10.3. The number of fused-ring (bicyclic) bond motifs is 1. The fraction of sp³-hybridized carbons (Fsp3) is 0.357. The Balaban J connectivity index is 2.18. The van der Waals surface area contributed by atoms with Gasteiger partial charge in [0.1, 0.15) is 0 Å². The van der Waals surface area contributed by atoms with Crippen LogP contribution in [0.25, 0.3) is 10.9 Å². The number of piperidine rings is 1. The number of nitrogens with zero attached hydrogens (tertiary/aromatic N) is 3. The second-order valence-electron chi connectivity index (χ2n) is 5.64. The fourth-order valence-corrected chi connectivity index (χ4v) is 2.80. The van der Waals surface area contributed by atoms with Gasteiger partial charge in [0.2, 0.25) is 11.8 Å². The Labute approximate surface area is 125 Å². The van der Waals surface area contributed by atoms with Crippen molar-refractivity contribution in [2.24, 2.45) is 7.05 Å². The van der Waals surface area contributed by atoms with Crippen molar-refractivity contribution in [1.82, 2.24) is 15.1 Å². The number of carbonyl (C=O) groups is 2. The largest absolute Gasteiger partial charge is 0.296 e. The minimum absolute atomic E-state index is 0.0320. The van der Waals surface area contributed by atoms with Crippen molar-refractivity contribution in [2.75, 3.05) is 0 Å². The molecular formula is C14H14N4O4. The predicted molar refractivity (Wildman–Crippen MR) is 77.1 cm³/mol. The van der Waals surface area contributed by atoms with Gasteiger partial charge in [-0.25, -0.2) is 0 Å². The molecule has 22 heavy (non-hydrogen) atoms. The van der Waals surface area contributed by atoms with Crippen molar-refractivity contribution >= 4 is 28.4 Å². The number of aromatic nitrogens is 2. The van der Waals surface area contributed by atoms with Crippen LogP contribution in [-0.2, 0) is 22.1 Å². The second-order valence-corrected chi connectivity index (χ2v) is 5.64. The van der Waals surface area contributed by atoms with E-state index in [0.29, 0.717) is 23.0 Å². The summed E-state index contributed by atoms with van der Waals surface area (Å²) in [5, 5.41) is 18.3. The molecular weight excluding hydrogens is 288 g/mol. The van der Waals surface area contributed by atoms with Gasteiger partial charge in [-0.1, -0.05) is 0 Å². The van der Waals surface area contributed by atoms with Crippen molar-refractivity contribution in [3.63, 3.8) is 0 Å². The monoisotopic (exact) mass is 302 g/mol. The Kier molecular flexibility index (Phi) is 2.98. The van der Waals surface area contributed by atoms with E-state index in [9.17, 15) is 19.7 Å². The van der Waals surface area contributed by atoms with E-state index in [2.05, 4.69) is 10.4 Å². The van der Waals surface area contributed by atoms with Gasteiger partial charge in [-0.2, -0.15) is 5.10 Å². The van der Waals surface area contributed by atoms with E-state index in [1.807, 2.05) is 0 Å². The summed E-state index contributed by atoms with van der Waals surface area (Å²) in [7, 11) is 1.67. The average molecular weight is 302 g/mol. The first-order valence-corrected chi connectivity index (χ1v) is 6.79. The van der Waals surface area contributed by atoms with E-state index in [-0.39, 0.29) is 23.9 Å². The van der Waals surface area contributed by atoms with Crippen LogP contribution in [0.15, 0.2) is 18.2 Å². The number of hydrogen-bond acceptors (Lipinski definition) is 5.